The molecule has 1 radical (unpaired) electrons. The lowest BCUT2D eigenvalue weighted by molar-refractivity contribution is 0.483. The zero-order valence-electron chi connectivity index (χ0n) is 11.2. The van der Waals surface area contributed by atoms with Crippen LogP contribution in [-0.4, -0.2) is 27.1 Å². The van der Waals surface area contributed by atoms with Gasteiger partial charge in [0.05, 0.1) is 16.3 Å². The Morgan fingerprint density at radius 1 is 1.10 bits per heavy atom. The van der Waals surface area contributed by atoms with E-state index < -0.39 is 30.5 Å². The lowest BCUT2D eigenvalue weighted by atomic mass is 10.2. The van der Waals surface area contributed by atoms with Crippen LogP contribution in [-0.2, 0) is 20.0 Å². The second-order valence-corrected chi connectivity index (χ2v) is 8.01. The molecule has 0 saturated heterocycles. The van der Waals surface area contributed by atoms with Crippen LogP contribution in [0.15, 0.2) is 28.0 Å². The van der Waals surface area contributed by atoms with E-state index in [1.54, 1.807) is 0 Å². The molecule has 20 heavy (non-hydrogen) atoms. The Labute approximate surface area is 119 Å². The van der Waals surface area contributed by atoms with Crippen molar-refractivity contribution >= 4 is 25.6 Å². The van der Waals surface area contributed by atoms with Crippen molar-refractivity contribution in [3.05, 3.63) is 18.2 Å². The van der Waals surface area contributed by atoms with Crippen LogP contribution >= 0.6 is 0 Å². The molecular weight excluding hydrogens is 302 g/mol. The zero-order chi connectivity index (χ0) is 15.4. The largest absolute Gasteiger partial charge is 0.299 e. The molecule has 0 bridgehead atoms. The van der Waals surface area contributed by atoms with Crippen molar-refractivity contribution in [2.45, 2.75) is 42.4 Å². The topological polar surface area (TPSA) is 112 Å². The standard InChI is InChI=1S/C12H18NO5S2/c1-2-3-4-5-8-19(14,15)10-6-7-11(13)12(9-10)20(16,17)18/h6-7,9,13H,2-5,8H2,1H3,(H,16,17,18). The molecule has 0 unspecified atom stereocenters. The van der Waals surface area contributed by atoms with E-state index in [9.17, 15) is 16.8 Å². The van der Waals surface area contributed by atoms with Gasteiger partial charge >= 0.3 is 0 Å². The fourth-order valence-corrected chi connectivity index (χ4v) is 3.84. The molecule has 0 aliphatic heterocycles. The number of hydrogen-bond donors (Lipinski definition) is 1. The van der Waals surface area contributed by atoms with Crippen molar-refractivity contribution in [1.29, 1.82) is 0 Å². The predicted molar refractivity (Wildman–Crippen MR) is 75.2 cm³/mol. The Hall–Kier alpha value is -1.12. The first-order valence-electron chi connectivity index (χ1n) is 6.24. The Kier molecular flexibility index (Phi) is 5.55. The Morgan fingerprint density at radius 2 is 1.75 bits per heavy atom. The van der Waals surface area contributed by atoms with Gasteiger partial charge < -0.3 is 0 Å². The smallest absolute Gasteiger partial charge is 0.296 e. The highest BCUT2D eigenvalue weighted by Crippen LogP contribution is 2.24. The van der Waals surface area contributed by atoms with Gasteiger partial charge in [-0.25, -0.2) is 8.42 Å². The van der Waals surface area contributed by atoms with Gasteiger partial charge in [0.2, 0.25) is 0 Å². The number of unbranched alkanes of at least 4 members (excludes halogenated alkanes) is 3. The van der Waals surface area contributed by atoms with E-state index in [2.05, 4.69) is 0 Å². The van der Waals surface area contributed by atoms with E-state index in [4.69, 9.17) is 10.3 Å². The van der Waals surface area contributed by atoms with Gasteiger partial charge in [0.15, 0.2) is 9.84 Å². The zero-order valence-corrected chi connectivity index (χ0v) is 12.8. The van der Waals surface area contributed by atoms with Crippen LogP contribution < -0.4 is 5.73 Å². The molecule has 6 nitrogen and oxygen atoms in total. The summed E-state index contributed by atoms with van der Waals surface area (Å²) in [6.45, 7) is 2.01. The molecule has 1 aromatic rings. The molecule has 0 aliphatic carbocycles. The summed E-state index contributed by atoms with van der Waals surface area (Å²) in [4.78, 5) is -0.871. The molecular formula is C12H18NO5S2. The molecule has 2 N–H and O–H groups in total. The summed E-state index contributed by atoms with van der Waals surface area (Å²) in [6, 6.07) is 3.08. The van der Waals surface area contributed by atoms with Gasteiger partial charge in [-0.2, -0.15) is 8.42 Å². The summed E-state index contributed by atoms with van der Waals surface area (Å²) in [7, 11) is -8.20. The van der Waals surface area contributed by atoms with E-state index in [1.165, 1.54) is 6.07 Å². The van der Waals surface area contributed by atoms with E-state index in [0.29, 0.717) is 6.42 Å². The molecule has 0 amide bonds. The number of sulfone groups is 1. The summed E-state index contributed by atoms with van der Waals surface area (Å²) in [5.41, 5.74) is 6.95. The number of rotatable bonds is 7. The third-order valence-electron chi connectivity index (χ3n) is 2.86. The van der Waals surface area contributed by atoms with Crippen molar-refractivity contribution < 1.29 is 21.4 Å². The van der Waals surface area contributed by atoms with Crippen molar-refractivity contribution in [2.75, 3.05) is 5.75 Å². The summed E-state index contributed by atoms with van der Waals surface area (Å²) < 4.78 is 55.2. The fraction of sp³-hybridized carbons (Fsp3) is 0.500. The van der Waals surface area contributed by atoms with Crippen molar-refractivity contribution in [1.82, 2.24) is 5.73 Å². The van der Waals surface area contributed by atoms with Gasteiger partial charge in [-0.15, -0.1) is 0 Å². The molecule has 0 saturated carbocycles. The Morgan fingerprint density at radius 3 is 2.30 bits per heavy atom. The van der Waals surface area contributed by atoms with Crippen molar-refractivity contribution in [2.24, 2.45) is 0 Å². The highest BCUT2D eigenvalue weighted by Gasteiger charge is 2.20. The van der Waals surface area contributed by atoms with Gasteiger partial charge in [-0.05, 0) is 24.6 Å². The molecule has 0 heterocycles. The number of nitrogens with one attached hydrogen (secondary N) is 1. The van der Waals surface area contributed by atoms with Crippen LogP contribution in [0.25, 0.3) is 0 Å². The minimum atomic E-state index is -4.60. The van der Waals surface area contributed by atoms with E-state index in [-0.39, 0.29) is 10.6 Å². The van der Waals surface area contributed by atoms with Gasteiger partial charge in [0.1, 0.15) is 4.90 Å². The van der Waals surface area contributed by atoms with Crippen molar-refractivity contribution in [3.8, 4) is 0 Å². The average molecular weight is 320 g/mol. The second kappa shape index (κ2) is 6.55. The lowest BCUT2D eigenvalue weighted by Crippen LogP contribution is -2.09. The molecule has 1 rings (SSSR count). The molecule has 0 aromatic heterocycles. The average Bonchev–Trinajstić information content (AvgIpc) is 2.33. The molecule has 0 atom stereocenters. The molecule has 0 fully saturated rings. The minimum Gasteiger partial charge on any atom is -0.299 e. The summed E-state index contributed by atoms with van der Waals surface area (Å²) in [5.74, 6) is -0.0741. The van der Waals surface area contributed by atoms with Crippen LogP contribution in [0.3, 0.4) is 0 Å². The van der Waals surface area contributed by atoms with Crippen molar-refractivity contribution in [3.63, 3.8) is 0 Å². The molecule has 0 aliphatic rings. The van der Waals surface area contributed by atoms with Crippen LogP contribution in [0.4, 0.5) is 5.69 Å². The van der Waals surface area contributed by atoms with Gasteiger partial charge in [-0.3, -0.25) is 10.3 Å². The first kappa shape index (κ1) is 16.9. The highest BCUT2D eigenvalue weighted by molar-refractivity contribution is 7.91. The van der Waals surface area contributed by atoms with Crippen LogP contribution in [0.1, 0.15) is 32.6 Å². The fourth-order valence-electron chi connectivity index (χ4n) is 1.75. The quantitative estimate of drug-likeness (QED) is 0.611. The number of hydrogen-bond acceptors (Lipinski definition) is 4. The molecule has 1 aromatic carbocycles. The molecule has 0 spiro atoms. The summed E-state index contributed by atoms with van der Waals surface area (Å²) in [5, 5.41) is 0. The Balaban J connectivity index is 3.02. The van der Waals surface area contributed by atoms with E-state index in [1.807, 2.05) is 6.92 Å². The Bertz CT molecular complexity index is 665. The van der Waals surface area contributed by atoms with Crippen LogP contribution in [0.2, 0.25) is 0 Å². The van der Waals surface area contributed by atoms with E-state index >= 15 is 0 Å². The van der Waals surface area contributed by atoms with Gasteiger partial charge in [-0.1, -0.05) is 26.2 Å². The first-order valence-corrected chi connectivity index (χ1v) is 9.33. The molecule has 8 heteroatoms. The SMILES string of the molecule is CCCCCCS(=O)(=O)c1ccc([NH])c(S(=O)(=O)O)c1. The van der Waals surface area contributed by atoms with E-state index in [0.717, 1.165) is 31.4 Å². The van der Waals surface area contributed by atoms with Gasteiger partial charge in [0, 0.05) is 0 Å². The summed E-state index contributed by atoms with van der Waals surface area (Å²) >= 11 is 0. The monoisotopic (exact) mass is 320 g/mol. The minimum absolute atomic E-state index is 0.0741. The maximum Gasteiger partial charge on any atom is 0.296 e. The molecule has 113 valence electrons. The number of benzene rings is 1. The third kappa shape index (κ3) is 4.46. The third-order valence-corrected chi connectivity index (χ3v) is 5.55. The maximum atomic E-state index is 12.0. The van der Waals surface area contributed by atoms with Crippen LogP contribution in [0, 0.1) is 0 Å². The lowest BCUT2D eigenvalue weighted by Gasteiger charge is -2.07. The van der Waals surface area contributed by atoms with Gasteiger partial charge in [0.25, 0.3) is 10.1 Å². The first-order chi connectivity index (χ1) is 9.18. The predicted octanol–water partition coefficient (Wildman–Crippen LogP) is 2.20. The normalized spacial score (nSPS) is 12.5. The highest BCUT2D eigenvalue weighted by atomic mass is 32.2. The second-order valence-electron chi connectivity index (χ2n) is 4.51. The van der Waals surface area contributed by atoms with Crippen LogP contribution in [0.5, 0.6) is 0 Å². The maximum absolute atomic E-state index is 12.0. The summed E-state index contributed by atoms with van der Waals surface area (Å²) in [6.07, 6.45) is 3.22.